The molecule has 4 nitrogen and oxygen atoms in total. The zero-order chi connectivity index (χ0) is 12.7. The lowest BCUT2D eigenvalue weighted by Gasteiger charge is -2.03. The Bertz CT molecular complexity index is 714. The molecule has 2 heterocycles. The highest BCUT2D eigenvalue weighted by Crippen LogP contribution is 2.22. The van der Waals surface area contributed by atoms with Crippen LogP contribution in [0.4, 0.5) is 5.95 Å². The predicted octanol–water partition coefficient (Wildman–Crippen LogP) is 3.17. The molecule has 0 saturated heterocycles. The molecule has 0 aliphatic heterocycles. The number of nitrogen functional groups attached to an aromatic ring is 1. The number of halogens is 1. The maximum absolute atomic E-state index is 5.97. The zero-order valence-electron chi connectivity index (χ0n) is 9.85. The van der Waals surface area contributed by atoms with Gasteiger partial charge in [-0.25, -0.2) is 4.98 Å². The van der Waals surface area contributed by atoms with Crippen molar-refractivity contribution >= 4 is 39.6 Å². The van der Waals surface area contributed by atoms with Crippen LogP contribution in [0.15, 0.2) is 34.7 Å². The molecule has 0 radical (unpaired) electrons. The van der Waals surface area contributed by atoms with Crippen LogP contribution in [-0.2, 0) is 6.54 Å². The SMILES string of the molecule is Cc1ccc(Cn2c(N)nc3cc(I)ccc32)o1. The largest absolute Gasteiger partial charge is 0.464 e. The van der Waals surface area contributed by atoms with Gasteiger partial charge in [-0.1, -0.05) is 0 Å². The highest BCUT2D eigenvalue weighted by molar-refractivity contribution is 14.1. The second kappa shape index (κ2) is 4.31. The lowest BCUT2D eigenvalue weighted by molar-refractivity contribution is 0.473. The Balaban J connectivity index is 2.08. The van der Waals surface area contributed by atoms with Gasteiger partial charge in [0.2, 0.25) is 5.95 Å². The molecule has 2 aromatic heterocycles. The molecule has 1 aromatic carbocycles. The van der Waals surface area contributed by atoms with Crippen LogP contribution in [0, 0.1) is 10.5 Å². The summed E-state index contributed by atoms with van der Waals surface area (Å²) in [5.74, 6) is 2.31. The number of nitrogens with two attached hydrogens (primary N) is 1. The molecule has 2 N–H and O–H groups in total. The second-order valence-corrected chi connectivity index (χ2v) is 5.45. The van der Waals surface area contributed by atoms with Crippen LogP contribution in [0.2, 0.25) is 0 Å². The number of hydrogen-bond donors (Lipinski definition) is 1. The van der Waals surface area contributed by atoms with Crippen LogP contribution in [0.5, 0.6) is 0 Å². The van der Waals surface area contributed by atoms with Crippen molar-refractivity contribution in [2.24, 2.45) is 0 Å². The Morgan fingerprint density at radius 2 is 2.17 bits per heavy atom. The summed E-state index contributed by atoms with van der Waals surface area (Å²) in [6.07, 6.45) is 0. The Morgan fingerprint density at radius 3 is 2.89 bits per heavy atom. The third-order valence-corrected chi connectivity index (χ3v) is 3.52. The van der Waals surface area contributed by atoms with Crippen molar-refractivity contribution in [3.63, 3.8) is 0 Å². The van der Waals surface area contributed by atoms with E-state index >= 15 is 0 Å². The molecule has 0 saturated carbocycles. The molecule has 0 aliphatic rings. The minimum atomic E-state index is 0.515. The average molecular weight is 353 g/mol. The zero-order valence-corrected chi connectivity index (χ0v) is 12.0. The Morgan fingerprint density at radius 1 is 1.33 bits per heavy atom. The minimum absolute atomic E-state index is 0.515. The van der Waals surface area contributed by atoms with Crippen molar-refractivity contribution in [1.29, 1.82) is 0 Å². The van der Waals surface area contributed by atoms with Crippen molar-refractivity contribution < 1.29 is 4.42 Å². The lowest BCUT2D eigenvalue weighted by Crippen LogP contribution is -2.03. The summed E-state index contributed by atoms with van der Waals surface area (Å²) in [6, 6.07) is 10.0. The minimum Gasteiger partial charge on any atom is -0.464 e. The van der Waals surface area contributed by atoms with E-state index in [4.69, 9.17) is 10.2 Å². The van der Waals surface area contributed by atoms with Crippen LogP contribution in [-0.4, -0.2) is 9.55 Å². The number of fused-ring (bicyclic) bond motifs is 1. The van der Waals surface area contributed by atoms with E-state index in [2.05, 4.69) is 27.6 Å². The maximum Gasteiger partial charge on any atom is 0.201 e. The van der Waals surface area contributed by atoms with Gasteiger partial charge in [-0.05, 0) is 59.8 Å². The van der Waals surface area contributed by atoms with Crippen LogP contribution in [0.25, 0.3) is 11.0 Å². The summed E-state index contributed by atoms with van der Waals surface area (Å²) in [5, 5.41) is 0. The fraction of sp³-hybridized carbons (Fsp3) is 0.154. The van der Waals surface area contributed by atoms with Crippen molar-refractivity contribution in [3.8, 4) is 0 Å². The van der Waals surface area contributed by atoms with Gasteiger partial charge in [0, 0.05) is 3.57 Å². The summed E-state index contributed by atoms with van der Waals surface area (Å²) in [6.45, 7) is 2.54. The summed E-state index contributed by atoms with van der Waals surface area (Å²) in [7, 11) is 0. The molecular weight excluding hydrogens is 341 g/mol. The number of aryl methyl sites for hydroxylation is 1. The first-order valence-electron chi connectivity index (χ1n) is 5.60. The molecule has 92 valence electrons. The molecule has 0 spiro atoms. The highest BCUT2D eigenvalue weighted by atomic mass is 127. The van der Waals surface area contributed by atoms with E-state index in [-0.39, 0.29) is 0 Å². The first-order valence-corrected chi connectivity index (χ1v) is 6.68. The average Bonchev–Trinajstić information content (AvgIpc) is 2.84. The summed E-state index contributed by atoms with van der Waals surface area (Å²) in [4.78, 5) is 4.37. The molecule has 3 aromatic rings. The number of aromatic nitrogens is 2. The second-order valence-electron chi connectivity index (χ2n) is 4.20. The fourth-order valence-electron chi connectivity index (χ4n) is 2.01. The van der Waals surface area contributed by atoms with Crippen LogP contribution in [0.1, 0.15) is 11.5 Å². The number of furan rings is 1. The number of hydrogen-bond acceptors (Lipinski definition) is 3. The van der Waals surface area contributed by atoms with E-state index in [1.165, 1.54) is 0 Å². The number of anilines is 1. The van der Waals surface area contributed by atoms with Crippen molar-refractivity contribution in [2.45, 2.75) is 13.5 Å². The van der Waals surface area contributed by atoms with Crippen LogP contribution in [0.3, 0.4) is 0 Å². The number of imidazole rings is 1. The third-order valence-electron chi connectivity index (χ3n) is 2.85. The number of nitrogens with zero attached hydrogens (tertiary/aromatic N) is 2. The summed E-state index contributed by atoms with van der Waals surface area (Å²) in [5.41, 5.74) is 7.91. The Labute approximate surface area is 118 Å². The molecule has 3 rings (SSSR count). The van der Waals surface area contributed by atoms with Crippen LogP contribution < -0.4 is 5.73 Å². The first kappa shape index (κ1) is 11.6. The van der Waals surface area contributed by atoms with Gasteiger partial charge in [0.25, 0.3) is 0 Å². The first-order chi connectivity index (χ1) is 8.63. The standard InChI is InChI=1S/C13H12IN3O/c1-8-2-4-10(18-8)7-17-12-5-3-9(14)6-11(12)16-13(17)15/h2-6H,7H2,1H3,(H2,15,16). The van der Waals surface area contributed by atoms with Gasteiger partial charge < -0.3 is 14.7 Å². The normalized spacial score (nSPS) is 11.2. The quantitative estimate of drug-likeness (QED) is 0.720. The van der Waals surface area contributed by atoms with Gasteiger partial charge in [0.15, 0.2) is 0 Å². The molecule has 0 bridgehead atoms. The van der Waals surface area contributed by atoms with Gasteiger partial charge in [-0.15, -0.1) is 0 Å². The molecule has 0 unspecified atom stereocenters. The van der Waals surface area contributed by atoms with Gasteiger partial charge in [0.05, 0.1) is 17.6 Å². The lowest BCUT2D eigenvalue weighted by atomic mass is 10.3. The predicted molar refractivity (Wildman–Crippen MR) is 79.4 cm³/mol. The molecule has 5 heteroatoms. The van der Waals surface area contributed by atoms with Crippen molar-refractivity contribution in [3.05, 3.63) is 45.4 Å². The van der Waals surface area contributed by atoms with E-state index < -0.39 is 0 Å². The van der Waals surface area contributed by atoms with E-state index in [1.54, 1.807) is 0 Å². The molecule has 0 atom stereocenters. The number of benzene rings is 1. The van der Waals surface area contributed by atoms with E-state index in [1.807, 2.05) is 41.8 Å². The van der Waals surface area contributed by atoms with Crippen LogP contribution >= 0.6 is 22.6 Å². The smallest absolute Gasteiger partial charge is 0.201 e. The third kappa shape index (κ3) is 1.98. The molecule has 0 aliphatic carbocycles. The van der Waals surface area contributed by atoms with Crippen molar-refractivity contribution in [2.75, 3.05) is 5.73 Å². The van der Waals surface area contributed by atoms with Crippen molar-refractivity contribution in [1.82, 2.24) is 9.55 Å². The van der Waals surface area contributed by atoms with E-state index in [9.17, 15) is 0 Å². The van der Waals surface area contributed by atoms with E-state index in [0.717, 1.165) is 26.1 Å². The molecule has 0 fully saturated rings. The van der Waals surface area contributed by atoms with Gasteiger partial charge in [-0.2, -0.15) is 0 Å². The van der Waals surface area contributed by atoms with Gasteiger partial charge in [0.1, 0.15) is 11.5 Å². The molecule has 18 heavy (non-hydrogen) atoms. The summed E-state index contributed by atoms with van der Waals surface area (Å²) < 4.78 is 8.69. The maximum atomic E-state index is 5.97. The highest BCUT2D eigenvalue weighted by Gasteiger charge is 2.10. The van der Waals surface area contributed by atoms with Gasteiger partial charge >= 0.3 is 0 Å². The fourth-order valence-corrected chi connectivity index (χ4v) is 2.49. The monoisotopic (exact) mass is 353 g/mol. The Kier molecular flexibility index (Phi) is 2.77. The Hall–Kier alpha value is -1.50. The molecular formula is C13H12IN3O. The summed E-state index contributed by atoms with van der Waals surface area (Å²) >= 11 is 2.27. The number of rotatable bonds is 2. The topological polar surface area (TPSA) is 57.0 Å². The van der Waals surface area contributed by atoms with Gasteiger partial charge in [-0.3, -0.25) is 0 Å². The van der Waals surface area contributed by atoms with E-state index in [0.29, 0.717) is 12.5 Å². The molecule has 0 amide bonds.